The van der Waals surface area contributed by atoms with E-state index >= 15 is 0 Å². The molecule has 0 spiro atoms. The van der Waals surface area contributed by atoms with Crippen molar-refractivity contribution in [2.75, 3.05) is 32.8 Å². The molecule has 1 aliphatic rings. The number of nitrogens with one attached hydrogen (secondary N) is 1. The molecule has 2 heterocycles. The van der Waals surface area contributed by atoms with E-state index in [1.807, 2.05) is 45.9 Å². The largest absolute Gasteiger partial charge is 0.378 e. The highest BCUT2D eigenvalue weighted by Gasteiger charge is 2.20. The van der Waals surface area contributed by atoms with Gasteiger partial charge in [-0.15, -0.1) is 0 Å². The molecule has 8 heteroatoms. The summed E-state index contributed by atoms with van der Waals surface area (Å²) in [6.45, 7) is 3.04. The van der Waals surface area contributed by atoms with Crippen LogP contribution in [0.5, 0.6) is 0 Å². The van der Waals surface area contributed by atoms with E-state index in [1.54, 1.807) is 12.1 Å². The number of hydrogen-bond acceptors (Lipinski definition) is 4. The highest BCUT2D eigenvalue weighted by molar-refractivity contribution is 9.10. The number of nitrogens with zero attached hydrogens (tertiary/aromatic N) is 3. The molecule has 0 bridgehead atoms. The van der Waals surface area contributed by atoms with E-state index in [2.05, 4.69) is 21.2 Å². The summed E-state index contributed by atoms with van der Waals surface area (Å²) >= 11 is 3.38. The maximum Gasteiger partial charge on any atom is 0.251 e. The van der Waals surface area contributed by atoms with Gasteiger partial charge >= 0.3 is 0 Å². The minimum absolute atomic E-state index is 0.0564. The maximum atomic E-state index is 12.8. The standard InChI is InChI=1S/C22H23BrN4O3/c23-17-5-3-4-16(14-17)22(29)24-9-8-20-25-18-6-1-2-7-19(18)27(20)15-21(28)26-10-12-30-13-11-26/h1-7,14H,8-13,15H2,(H,24,29). The normalized spacial score (nSPS) is 14.1. The SMILES string of the molecule is O=C(NCCc1nc2ccccc2n1CC(=O)N1CCOCC1)c1cccc(Br)c1. The molecule has 0 aliphatic carbocycles. The lowest BCUT2D eigenvalue weighted by atomic mass is 10.2. The number of amides is 2. The summed E-state index contributed by atoms with van der Waals surface area (Å²) in [5, 5.41) is 2.94. The van der Waals surface area contributed by atoms with Gasteiger partial charge in [-0.1, -0.05) is 34.1 Å². The number of fused-ring (bicyclic) bond motifs is 1. The van der Waals surface area contributed by atoms with Gasteiger partial charge in [0.05, 0.1) is 24.2 Å². The molecule has 0 atom stereocenters. The van der Waals surface area contributed by atoms with Crippen molar-refractivity contribution in [3.05, 3.63) is 64.4 Å². The van der Waals surface area contributed by atoms with Crippen LogP contribution in [0.1, 0.15) is 16.2 Å². The van der Waals surface area contributed by atoms with Gasteiger partial charge in [-0.3, -0.25) is 9.59 Å². The molecule has 2 aromatic carbocycles. The van der Waals surface area contributed by atoms with Crippen molar-refractivity contribution in [1.82, 2.24) is 19.8 Å². The van der Waals surface area contributed by atoms with Gasteiger partial charge in [0.1, 0.15) is 12.4 Å². The van der Waals surface area contributed by atoms with Gasteiger partial charge in [-0.05, 0) is 30.3 Å². The van der Waals surface area contributed by atoms with Crippen LogP contribution in [0.2, 0.25) is 0 Å². The smallest absolute Gasteiger partial charge is 0.251 e. The predicted octanol–water partition coefficient (Wildman–Crippen LogP) is 2.63. The fourth-order valence-electron chi connectivity index (χ4n) is 3.56. The zero-order valence-corrected chi connectivity index (χ0v) is 18.1. The molecule has 2 amide bonds. The number of para-hydroxylation sites is 2. The third-order valence-corrected chi connectivity index (χ3v) is 5.60. The molecule has 0 unspecified atom stereocenters. The lowest BCUT2D eigenvalue weighted by molar-refractivity contribution is -0.135. The monoisotopic (exact) mass is 470 g/mol. The first-order valence-corrected chi connectivity index (χ1v) is 10.7. The van der Waals surface area contributed by atoms with Crippen LogP contribution in [0.4, 0.5) is 0 Å². The number of carbonyl (C=O) groups excluding carboxylic acids is 2. The molecule has 0 saturated carbocycles. The van der Waals surface area contributed by atoms with E-state index in [0.717, 1.165) is 21.3 Å². The molecule has 0 radical (unpaired) electrons. The van der Waals surface area contributed by atoms with Gasteiger partial charge < -0.3 is 19.5 Å². The average Bonchev–Trinajstić information content (AvgIpc) is 3.11. The van der Waals surface area contributed by atoms with Crippen LogP contribution in [-0.4, -0.2) is 59.1 Å². The lowest BCUT2D eigenvalue weighted by Crippen LogP contribution is -2.42. The van der Waals surface area contributed by atoms with Gasteiger partial charge in [-0.25, -0.2) is 4.98 Å². The predicted molar refractivity (Wildman–Crippen MR) is 117 cm³/mol. The number of hydrogen-bond donors (Lipinski definition) is 1. The molecule has 156 valence electrons. The topological polar surface area (TPSA) is 76.5 Å². The third-order valence-electron chi connectivity index (χ3n) is 5.11. The van der Waals surface area contributed by atoms with Crippen molar-refractivity contribution < 1.29 is 14.3 Å². The van der Waals surface area contributed by atoms with E-state index in [4.69, 9.17) is 9.72 Å². The van der Waals surface area contributed by atoms with Crippen molar-refractivity contribution in [1.29, 1.82) is 0 Å². The molecule has 1 aliphatic heterocycles. The van der Waals surface area contributed by atoms with E-state index in [0.29, 0.717) is 44.8 Å². The first-order chi connectivity index (χ1) is 14.6. The number of imidazole rings is 1. The van der Waals surface area contributed by atoms with Crippen LogP contribution in [0, 0.1) is 0 Å². The fourth-order valence-corrected chi connectivity index (χ4v) is 3.96. The Morgan fingerprint density at radius 1 is 1.10 bits per heavy atom. The Bertz CT molecular complexity index is 1060. The summed E-state index contributed by atoms with van der Waals surface area (Å²) in [7, 11) is 0. The summed E-state index contributed by atoms with van der Waals surface area (Å²) in [6, 6.07) is 15.1. The van der Waals surface area contributed by atoms with E-state index in [-0.39, 0.29) is 18.4 Å². The Kier molecular flexibility index (Phi) is 6.44. The number of rotatable bonds is 6. The summed E-state index contributed by atoms with van der Waals surface area (Å²) < 4.78 is 8.16. The van der Waals surface area contributed by atoms with Crippen molar-refractivity contribution >= 4 is 38.8 Å². The molecule has 1 aromatic heterocycles. The zero-order chi connectivity index (χ0) is 20.9. The minimum Gasteiger partial charge on any atom is -0.378 e. The van der Waals surface area contributed by atoms with Crippen LogP contribution in [0.15, 0.2) is 53.0 Å². The molecular weight excluding hydrogens is 448 g/mol. The lowest BCUT2D eigenvalue weighted by Gasteiger charge is -2.27. The Labute approximate surface area is 183 Å². The first kappa shape index (κ1) is 20.6. The van der Waals surface area contributed by atoms with Crippen molar-refractivity contribution in [2.24, 2.45) is 0 Å². The van der Waals surface area contributed by atoms with E-state index in [9.17, 15) is 9.59 Å². The molecule has 1 N–H and O–H groups in total. The van der Waals surface area contributed by atoms with Gasteiger partial charge in [0.2, 0.25) is 5.91 Å². The summed E-state index contributed by atoms with van der Waals surface area (Å²) in [5.74, 6) is 0.705. The summed E-state index contributed by atoms with van der Waals surface area (Å²) in [4.78, 5) is 31.7. The molecule has 4 rings (SSSR count). The Balaban J connectivity index is 1.47. The van der Waals surface area contributed by atoms with Crippen LogP contribution < -0.4 is 5.32 Å². The molecule has 1 fully saturated rings. The minimum atomic E-state index is -0.136. The van der Waals surface area contributed by atoms with E-state index < -0.39 is 0 Å². The van der Waals surface area contributed by atoms with Crippen LogP contribution in [0.25, 0.3) is 11.0 Å². The first-order valence-electron chi connectivity index (χ1n) is 9.95. The van der Waals surface area contributed by atoms with Gasteiger partial charge in [0.15, 0.2) is 0 Å². The van der Waals surface area contributed by atoms with Crippen molar-refractivity contribution in [2.45, 2.75) is 13.0 Å². The highest BCUT2D eigenvalue weighted by Crippen LogP contribution is 2.17. The zero-order valence-electron chi connectivity index (χ0n) is 16.5. The number of morpholine rings is 1. The second kappa shape index (κ2) is 9.40. The molecule has 1 saturated heterocycles. The molecular formula is C22H23BrN4O3. The van der Waals surface area contributed by atoms with Crippen LogP contribution >= 0.6 is 15.9 Å². The molecule has 7 nitrogen and oxygen atoms in total. The summed E-state index contributed by atoms with van der Waals surface area (Å²) in [6.07, 6.45) is 0.533. The number of benzene rings is 2. The van der Waals surface area contributed by atoms with Crippen molar-refractivity contribution in [3.8, 4) is 0 Å². The fraction of sp³-hybridized carbons (Fsp3) is 0.318. The molecule has 30 heavy (non-hydrogen) atoms. The van der Waals surface area contributed by atoms with Gasteiger partial charge in [-0.2, -0.15) is 0 Å². The second-order valence-electron chi connectivity index (χ2n) is 7.11. The van der Waals surface area contributed by atoms with Crippen LogP contribution in [0.3, 0.4) is 0 Å². The van der Waals surface area contributed by atoms with Crippen LogP contribution in [-0.2, 0) is 22.5 Å². The second-order valence-corrected chi connectivity index (χ2v) is 8.03. The Hall–Kier alpha value is -2.71. The quantitative estimate of drug-likeness (QED) is 0.600. The molecule has 3 aromatic rings. The number of carbonyl (C=O) groups is 2. The van der Waals surface area contributed by atoms with Gasteiger partial charge in [0.25, 0.3) is 5.91 Å². The number of aromatic nitrogens is 2. The Morgan fingerprint density at radius 3 is 2.70 bits per heavy atom. The summed E-state index contributed by atoms with van der Waals surface area (Å²) in [5.41, 5.74) is 2.37. The maximum absolute atomic E-state index is 12.8. The average molecular weight is 471 g/mol. The van der Waals surface area contributed by atoms with Crippen molar-refractivity contribution in [3.63, 3.8) is 0 Å². The van der Waals surface area contributed by atoms with E-state index in [1.165, 1.54) is 0 Å². The third kappa shape index (κ3) is 4.71. The number of halogens is 1. The number of ether oxygens (including phenoxy) is 1. The van der Waals surface area contributed by atoms with Gasteiger partial charge in [0, 0.05) is 36.1 Å². The highest BCUT2D eigenvalue weighted by atomic mass is 79.9. The Morgan fingerprint density at radius 2 is 1.90 bits per heavy atom.